The van der Waals surface area contributed by atoms with Crippen LogP contribution in [0, 0.1) is 3.57 Å². The van der Waals surface area contributed by atoms with Crippen molar-refractivity contribution in [2.45, 2.75) is 0 Å². The van der Waals surface area contributed by atoms with Crippen molar-refractivity contribution in [1.82, 2.24) is 30.0 Å². The second-order valence-electron chi connectivity index (χ2n) is 8.24. The van der Waals surface area contributed by atoms with Crippen LogP contribution in [0.25, 0.3) is 11.3 Å². The van der Waals surface area contributed by atoms with E-state index in [-0.39, 0.29) is 0 Å². The average molecular weight is 567 g/mol. The molecule has 9 nitrogen and oxygen atoms in total. The summed E-state index contributed by atoms with van der Waals surface area (Å²) in [4.78, 5) is 20.8. The van der Waals surface area contributed by atoms with Crippen LogP contribution < -0.4 is 15.1 Å². The summed E-state index contributed by atoms with van der Waals surface area (Å²) in [6, 6.07) is 20.3. The van der Waals surface area contributed by atoms with Crippen molar-refractivity contribution in [3.8, 4) is 11.3 Å². The Bertz CT molecular complexity index is 1240. The molecule has 10 heteroatoms. The Hall–Kier alpha value is -3.25. The first-order chi connectivity index (χ1) is 16.5. The third-order valence-corrected chi connectivity index (χ3v) is 6.53. The summed E-state index contributed by atoms with van der Waals surface area (Å²) in [6.07, 6.45) is 0. The predicted octanol–water partition coefficient (Wildman–Crippen LogP) is 4.13. The van der Waals surface area contributed by atoms with Gasteiger partial charge >= 0.3 is 0 Å². The number of anilines is 5. The van der Waals surface area contributed by atoms with Gasteiger partial charge in [0.05, 0.1) is 5.69 Å². The molecule has 0 bridgehead atoms. The molecule has 1 aliphatic rings. The van der Waals surface area contributed by atoms with E-state index in [2.05, 4.69) is 79.2 Å². The number of rotatable bonds is 6. The highest BCUT2D eigenvalue weighted by Gasteiger charge is 2.20. The maximum absolute atomic E-state index is 4.82. The molecule has 1 saturated heterocycles. The normalized spacial score (nSPS) is 14.3. The Labute approximate surface area is 212 Å². The highest BCUT2D eigenvalue weighted by molar-refractivity contribution is 14.1. The van der Waals surface area contributed by atoms with Crippen molar-refractivity contribution < 1.29 is 0 Å². The third kappa shape index (κ3) is 5.12. The molecule has 0 unspecified atom stereocenters. The zero-order chi connectivity index (χ0) is 23.5. The minimum absolute atomic E-state index is 0.461. The van der Waals surface area contributed by atoms with Crippen molar-refractivity contribution in [3.63, 3.8) is 0 Å². The molecule has 5 rings (SSSR count). The van der Waals surface area contributed by atoms with Gasteiger partial charge in [0.25, 0.3) is 0 Å². The van der Waals surface area contributed by atoms with E-state index in [9.17, 15) is 0 Å². The first-order valence-electron chi connectivity index (χ1n) is 11.1. The van der Waals surface area contributed by atoms with Crippen LogP contribution in [0.3, 0.4) is 0 Å². The Kier molecular flexibility index (Phi) is 6.59. The van der Waals surface area contributed by atoms with Gasteiger partial charge in [-0.3, -0.25) is 5.10 Å². The number of benzene rings is 2. The van der Waals surface area contributed by atoms with Gasteiger partial charge in [0.15, 0.2) is 5.82 Å². The molecule has 34 heavy (non-hydrogen) atoms. The molecular formula is C24H26IN9. The van der Waals surface area contributed by atoms with Gasteiger partial charge in [-0.15, -0.1) is 0 Å². The zero-order valence-electron chi connectivity index (χ0n) is 19.1. The van der Waals surface area contributed by atoms with Crippen molar-refractivity contribution >= 4 is 51.9 Å². The second kappa shape index (κ2) is 9.94. The van der Waals surface area contributed by atoms with E-state index in [1.165, 1.54) is 3.57 Å². The molecule has 4 aromatic rings. The lowest BCUT2D eigenvalue weighted by Crippen LogP contribution is -2.45. The van der Waals surface area contributed by atoms with Gasteiger partial charge < -0.3 is 20.0 Å². The molecule has 0 radical (unpaired) electrons. The number of aromatic amines is 1. The summed E-state index contributed by atoms with van der Waals surface area (Å²) >= 11 is 2.30. The number of aromatic nitrogens is 5. The van der Waals surface area contributed by atoms with Crippen LogP contribution in [-0.4, -0.2) is 70.3 Å². The maximum Gasteiger partial charge on any atom is 0.236 e. The largest absolute Gasteiger partial charge is 0.338 e. The molecule has 3 heterocycles. The Balaban J connectivity index is 1.46. The summed E-state index contributed by atoms with van der Waals surface area (Å²) in [5, 5.41) is 10.8. The molecule has 0 amide bonds. The number of piperazine rings is 1. The smallest absolute Gasteiger partial charge is 0.236 e. The van der Waals surface area contributed by atoms with Gasteiger partial charge in [-0.05, 0) is 59.5 Å². The van der Waals surface area contributed by atoms with E-state index in [0.717, 1.165) is 43.1 Å². The van der Waals surface area contributed by atoms with Crippen molar-refractivity contribution in [2.24, 2.45) is 0 Å². The fraction of sp³-hybridized carbons (Fsp3) is 0.250. The fourth-order valence-corrected chi connectivity index (χ4v) is 4.11. The number of nitrogens with zero attached hydrogens (tertiary/aromatic N) is 7. The van der Waals surface area contributed by atoms with Crippen LogP contribution >= 0.6 is 22.6 Å². The summed E-state index contributed by atoms with van der Waals surface area (Å²) < 4.78 is 1.18. The summed E-state index contributed by atoms with van der Waals surface area (Å²) in [7, 11) is 4.10. The SMILES string of the molecule is CN1CCN(c2nc(Nc3cc(-c4ccccc4)[nH]n3)nc(N(C)c3ccc(I)cc3)n2)CC1. The van der Waals surface area contributed by atoms with Crippen LogP contribution in [-0.2, 0) is 0 Å². The summed E-state index contributed by atoms with van der Waals surface area (Å²) in [6.45, 7) is 3.67. The van der Waals surface area contributed by atoms with Gasteiger partial charge in [-0.25, -0.2) is 0 Å². The third-order valence-electron chi connectivity index (χ3n) is 5.81. The first-order valence-corrected chi connectivity index (χ1v) is 12.2. The van der Waals surface area contributed by atoms with Gasteiger partial charge in [-0.1, -0.05) is 30.3 Å². The van der Waals surface area contributed by atoms with E-state index < -0.39 is 0 Å². The van der Waals surface area contributed by atoms with Crippen molar-refractivity contribution in [2.75, 3.05) is 55.4 Å². The molecule has 0 saturated carbocycles. The van der Waals surface area contributed by atoms with Crippen LogP contribution in [0.15, 0.2) is 60.7 Å². The van der Waals surface area contributed by atoms with Crippen molar-refractivity contribution in [3.05, 3.63) is 64.2 Å². The highest BCUT2D eigenvalue weighted by Crippen LogP contribution is 2.26. The molecule has 0 spiro atoms. The minimum atomic E-state index is 0.461. The molecule has 174 valence electrons. The van der Waals surface area contributed by atoms with Gasteiger partial charge in [-0.2, -0.15) is 20.1 Å². The molecular weight excluding hydrogens is 541 g/mol. The lowest BCUT2D eigenvalue weighted by Gasteiger charge is -2.32. The van der Waals surface area contributed by atoms with Gasteiger partial charge in [0.1, 0.15) is 0 Å². The number of hydrogen-bond acceptors (Lipinski definition) is 8. The molecule has 2 aromatic heterocycles. The number of halogens is 1. The number of nitrogens with one attached hydrogen (secondary N) is 2. The van der Waals surface area contributed by atoms with E-state index in [1.54, 1.807) is 0 Å². The van der Waals surface area contributed by atoms with Gasteiger partial charge in [0.2, 0.25) is 17.8 Å². The number of likely N-dealkylation sites (N-methyl/N-ethyl adjacent to an activating group) is 1. The topological polar surface area (TPSA) is 89.1 Å². The van der Waals surface area contributed by atoms with Crippen molar-refractivity contribution in [1.29, 1.82) is 0 Å². The average Bonchev–Trinajstić information content (AvgIpc) is 3.33. The minimum Gasteiger partial charge on any atom is -0.338 e. The molecule has 1 aliphatic heterocycles. The molecule has 2 N–H and O–H groups in total. The Morgan fingerprint density at radius 3 is 2.41 bits per heavy atom. The zero-order valence-corrected chi connectivity index (χ0v) is 21.3. The number of H-pyrrole nitrogens is 1. The molecule has 1 fully saturated rings. The summed E-state index contributed by atoms with van der Waals surface area (Å²) in [5.74, 6) is 2.35. The molecule has 0 aliphatic carbocycles. The summed E-state index contributed by atoms with van der Waals surface area (Å²) in [5.41, 5.74) is 3.00. The monoisotopic (exact) mass is 567 g/mol. The van der Waals surface area contributed by atoms with Crippen LogP contribution in [0.2, 0.25) is 0 Å². The Morgan fingerprint density at radius 1 is 0.941 bits per heavy atom. The van der Waals surface area contributed by atoms with Crippen LogP contribution in [0.1, 0.15) is 0 Å². The van der Waals surface area contributed by atoms with E-state index >= 15 is 0 Å². The number of hydrogen-bond donors (Lipinski definition) is 2. The fourth-order valence-electron chi connectivity index (χ4n) is 3.75. The lowest BCUT2D eigenvalue weighted by molar-refractivity contribution is 0.311. The highest BCUT2D eigenvalue weighted by atomic mass is 127. The lowest BCUT2D eigenvalue weighted by atomic mass is 10.2. The Morgan fingerprint density at radius 2 is 1.68 bits per heavy atom. The van der Waals surface area contributed by atoms with Crippen LogP contribution in [0.4, 0.5) is 29.4 Å². The maximum atomic E-state index is 4.82. The molecule has 0 atom stereocenters. The quantitative estimate of drug-likeness (QED) is 0.337. The first kappa shape index (κ1) is 22.5. The standard InChI is InChI=1S/C24H26IN9/c1-32-12-14-34(15-13-32)24-28-22(26-21-16-20(30-31-21)17-6-4-3-5-7-17)27-23(29-24)33(2)19-10-8-18(25)9-11-19/h3-11,16H,12-15H2,1-2H3,(H2,26,27,28,29,30,31). The predicted molar refractivity (Wildman–Crippen MR) is 144 cm³/mol. The van der Waals surface area contributed by atoms with Gasteiger partial charge in [0, 0.05) is 48.6 Å². The van der Waals surface area contributed by atoms with E-state index in [1.807, 2.05) is 48.3 Å². The van der Waals surface area contributed by atoms with Crippen LogP contribution in [0.5, 0.6) is 0 Å². The second-order valence-corrected chi connectivity index (χ2v) is 9.49. The molecule has 2 aromatic carbocycles. The van der Waals surface area contributed by atoms with E-state index in [4.69, 9.17) is 15.0 Å². The van der Waals surface area contributed by atoms with E-state index in [0.29, 0.717) is 23.7 Å².